The van der Waals surface area contributed by atoms with Gasteiger partial charge in [0.15, 0.2) is 6.61 Å². The molecular formula is C21H25FN4O7S. The third kappa shape index (κ3) is 5.66. The van der Waals surface area contributed by atoms with E-state index in [1.165, 1.54) is 13.1 Å². The predicted octanol–water partition coefficient (Wildman–Crippen LogP) is 0.428. The highest BCUT2D eigenvalue weighted by atomic mass is 32.2. The number of aromatic nitrogens is 2. The summed E-state index contributed by atoms with van der Waals surface area (Å²) >= 11 is 0. The fourth-order valence-corrected chi connectivity index (χ4v) is 4.06. The number of anilines is 1. The number of nitrogens with zero attached hydrogens (tertiary/aromatic N) is 2. The number of carbonyl (C=O) groups is 2. The first kappa shape index (κ1) is 26.7. The van der Waals surface area contributed by atoms with Crippen molar-refractivity contribution in [3.63, 3.8) is 0 Å². The number of ether oxygens (including phenoxy) is 1. The smallest absolute Gasteiger partial charge is 0.338 e. The van der Waals surface area contributed by atoms with Crippen LogP contribution in [0.2, 0.25) is 0 Å². The van der Waals surface area contributed by atoms with Gasteiger partial charge in [0.25, 0.3) is 5.56 Å². The van der Waals surface area contributed by atoms with Crippen LogP contribution in [0.4, 0.5) is 10.2 Å². The van der Waals surface area contributed by atoms with Crippen molar-refractivity contribution in [3.8, 4) is 0 Å². The maximum absolute atomic E-state index is 14.0. The maximum Gasteiger partial charge on any atom is 0.338 e. The lowest BCUT2D eigenvalue weighted by molar-refractivity contribution is 0.0473. The number of ketones is 1. The third-order valence-electron chi connectivity index (χ3n) is 4.62. The van der Waals surface area contributed by atoms with Gasteiger partial charge in [-0.3, -0.25) is 18.7 Å². The van der Waals surface area contributed by atoms with E-state index in [0.717, 1.165) is 27.3 Å². The van der Waals surface area contributed by atoms with Gasteiger partial charge in [-0.25, -0.2) is 27.1 Å². The molecule has 3 N–H and O–H groups in total. The second kappa shape index (κ2) is 10.6. The van der Waals surface area contributed by atoms with Crippen molar-refractivity contribution < 1.29 is 27.1 Å². The number of hydrogen-bond acceptors (Lipinski definition) is 8. The van der Waals surface area contributed by atoms with Crippen LogP contribution in [-0.4, -0.2) is 42.5 Å². The van der Waals surface area contributed by atoms with Crippen LogP contribution in [-0.2, 0) is 28.4 Å². The number of nitrogen functional groups attached to an aromatic ring is 1. The minimum absolute atomic E-state index is 0.0248. The Morgan fingerprint density at radius 2 is 1.94 bits per heavy atom. The molecule has 34 heavy (non-hydrogen) atoms. The van der Waals surface area contributed by atoms with Crippen LogP contribution in [0.5, 0.6) is 0 Å². The average Bonchev–Trinajstić information content (AvgIpc) is 2.77. The zero-order chi connectivity index (χ0) is 25.8. The van der Waals surface area contributed by atoms with Crippen LogP contribution in [0.3, 0.4) is 0 Å². The van der Waals surface area contributed by atoms with Crippen molar-refractivity contribution in [2.24, 2.45) is 13.0 Å². The first-order chi connectivity index (χ1) is 15.8. The Kier molecular flexibility index (Phi) is 8.29. The van der Waals surface area contributed by atoms with Crippen LogP contribution in [0.25, 0.3) is 0 Å². The molecule has 184 valence electrons. The fourth-order valence-electron chi connectivity index (χ4n) is 2.96. The van der Waals surface area contributed by atoms with Crippen LogP contribution >= 0.6 is 0 Å². The van der Waals surface area contributed by atoms with Gasteiger partial charge >= 0.3 is 11.7 Å². The third-order valence-corrected chi connectivity index (χ3v) is 6.06. The molecule has 0 aliphatic heterocycles. The number of nitrogens with one attached hydrogen (secondary N) is 1. The van der Waals surface area contributed by atoms with Crippen molar-refractivity contribution in [2.45, 2.75) is 25.3 Å². The van der Waals surface area contributed by atoms with E-state index in [4.69, 9.17) is 10.5 Å². The summed E-state index contributed by atoms with van der Waals surface area (Å²) in [6, 6.07) is 2.49. The zero-order valence-corrected chi connectivity index (χ0v) is 19.6. The number of esters is 1. The number of rotatable bonds is 10. The Labute approximate surface area is 194 Å². The molecule has 1 aromatic heterocycles. The predicted molar refractivity (Wildman–Crippen MR) is 122 cm³/mol. The number of carbonyl (C=O) groups excluding carboxylic acids is 2. The second-order valence-electron chi connectivity index (χ2n) is 7.70. The van der Waals surface area contributed by atoms with Crippen LogP contribution in [0.15, 0.2) is 45.3 Å². The normalized spacial score (nSPS) is 11.4. The molecular weight excluding hydrogens is 471 g/mol. The van der Waals surface area contributed by atoms with Gasteiger partial charge < -0.3 is 10.5 Å². The summed E-state index contributed by atoms with van der Waals surface area (Å²) in [5, 5.41) is 0. The van der Waals surface area contributed by atoms with E-state index in [0.29, 0.717) is 0 Å². The summed E-state index contributed by atoms with van der Waals surface area (Å²) in [5.74, 6) is -3.59. The van der Waals surface area contributed by atoms with E-state index in [1.807, 2.05) is 13.8 Å². The molecule has 0 atom stereocenters. The fraction of sp³-hybridized carbons (Fsp3) is 0.333. The molecule has 0 saturated carbocycles. The topological polar surface area (TPSA) is 160 Å². The highest BCUT2D eigenvalue weighted by Gasteiger charge is 2.25. The lowest BCUT2D eigenvalue weighted by atomic mass is 10.1. The lowest BCUT2D eigenvalue weighted by Gasteiger charge is -2.16. The van der Waals surface area contributed by atoms with E-state index < -0.39 is 55.9 Å². The summed E-state index contributed by atoms with van der Waals surface area (Å²) in [4.78, 5) is 49.1. The molecule has 0 amide bonds. The molecule has 0 spiro atoms. The van der Waals surface area contributed by atoms with E-state index in [9.17, 15) is 32.0 Å². The Bertz CT molecular complexity index is 1360. The summed E-state index contributed by atoms with van der Waals surface area (Å²) in [6.45, 7) is 6.03. The Morgan fingerprint density at radius 3 is 2.53 bits per heavy atom. The van der Waals surface area contributed by atoms with Crippen LogP contribution in [0.1, 0.15) is 34.6 Å². The van der Waals surface area contributed by atoms with Gasteiger partial charge in [-0.1, -0.05) is 19.9 Å². The average molecular weight is 497 g/mol. The van der Waals surface area contributed by atoms with E-state index in [2.05, 4.69) is 11.3 Å². The maximum atomic E-state index is 14.0. The SMILES string of the molecule is C=CCNS(=O)(=O)c1cc(C(=O)OCC(=O)c2c(N)n(CC(C)C)c(=O)n(C)c2=O)ccc1F. The summed E-state index contributed by atoms with van der Waals surface area (Å²) in [7, 11) is -3.10. The molecule has 1 heterocycles. The van der Waals surface area contributed by atoms with Crippen molar-refractivity contribution in [2.75, 3.05) is 18.9 Å². The molecule has 0 unspecified atom stereocenters. The van der Waals surface area contributed by atoms with Crippen molar-refractivity contribution in [1.82, 2.24) is 13.9 Å². The van der Waals surface area contributed by atoms with Gasteiger partial charge in [0.2, 0.25) is 15.8 Å². The van der Waals surface area contributed by atoms with E-state index in [-0.39, 0.29) is 30.4 Å². The zero-order valence-electron chi connectivity index (χ0n) is 18.8. The molecule has 0 fully saturated rings. The minimum Gasteiger partial charge on any atom is -0.454 e. The highest BCUT2D eigenvalue weighted by Crippen LogP contribution is 2.17. The summed E-state index contributed by atoms with van der Waals surface area (Å²) in [5.41, 5.74) is 3.39. The molecule has 0 aliphatic rings. The molecule has 0 saturated heterocycles. The lowest BCUT2D eigenvalue weighted by Crippen LogP contribution is -2.43. The number of benzene rings is 1. The number of hydrogen-bond donors (Lipinski definition) is 2. The molecule has 13 heteroatoms. The number of halogens is 1. The second-order valence-corrected chi connectivity index (χ2v) is 9.43. The van der Waals surface area contributed by atoms with Gasteiger partial charge in [0.05, 0.1) is 5.56 Å². The van der Waals surface area contributed by atoms with Crippen molar-refractivity contribution >= 4 is 27.6 Å². The number of nitrogens with two attached hydrogens (primary N) is 1. The van der Waals surface area contributed by atoms with Gasteiger partial charge in [-0.15, -0.1) is 6.58 Å². The summed E-state index contributed by atoms with van der Waals surface area (Å²) < 4.78 is 47.2. The van der Waals surface area contributed by atoms with E-state index in [1.54, 1.807) is 0 Å². The Hall–Kier alpha value is -3.58. The van der Waals surface area contributed by atoms with E-state index >= 15 is 0 Å². The monoisotopic (exact) mass is 496 g/mol. The molecule has 0 aliphatic carbocycles. The Balaban J connectivity index is 2.31. The van der Waals surface area contributed by atoms with Gasteiger partial charge in [-0.2, -0.15) is 0 Å². The first-order valence-electron chi connectivity index (χ1n) is 10.0. The minimum atomic E-state index is -4.28. The van der Waals surface area contributed by atoms with Crippen LogP contribution < -0.4 is 21.7 Å². The first-order valence-corrected chi connectivity index (χ1v) is 11.5. The van der Waals surface area contributed by atoms with Gasteiger partial charge in [0.1, 0.15) is 22.1 Å². The molecule has 1 aromatic carbocycles. The largest absolute Gasteiger partial charge is 0.454 e. The Morgan fingerprint density at radius 1 is 1.29 bits per heavy atom. The van der Waals surface area contributed by atoms with Crippen molar-refractivity contribution in [3.05, 3.63) is 68.6 Å². The highest BCUT2D eigenvalue weighted by molar-refractivity contribution is 7.89. The molecule has 2 rings (SSSR count). The molecule has 0 radical (unpaired) electrons. The van der Waals surface area contributed by atoms with Gasteiger partial charge in [-0.05, 0) is 24.1 Å². The quantitative estimate of drug-likeness (QED) is 0.272. The van der Waals surface area contributed by atoms with Crippen LogP contribution in [0, 0.1) is 11.7 Å². The number of sulfonamides is 1. The van der Waals surface area contributed by atoms with Crippen molar-refractivity contribution in [1.29, 1.82) is 0 Å². The molecule has 2 aromatic rings. The standard InChI is InChI=1S/C21H25FN4O7S/c1-5-8-24-34(31,32)16-9-13(6-7-14(16)22)20(29)33-11-15(27)17-18(23)26(10-12(2)3)21(30)25(4)19(17)28/h5-7,9,12,24H,1,8,10-11,23H2,2-4H3. The molecule has 11 nitrogen and oxygen atoms in total. The summed E-state index contributed by atoms with van der Waals surface area (Å²) in [6.07, 6.45) is 1.25. The molecule has 0 bridgehead atoms. The van der Waals surface area contributed by atoms with Gasteiger partial charge in [0, 0.05) is 20.1 Å². The number of Topliss-reactive ketones (excluding diaryl/α,β-unsaturated/α-hetero) is 1.